The normalized spacial score (nSPS) is 19.0. The average molecular weight is 515 g/mol. The maximum atomic E-state index is 14.1. The number of aryl methyl sites for hydroxylation is 1. The summed E-state index contributed by atoms with van der Waals surface area (Å²) in [5, 5.41) is 21.2. The second kappa shape index (κ2) is 9.08. The predicted molar refractivity (Wildman–Crippen MR) is 125 cm³/mol. The number of nitrogens with zero attached hydrogens (tertiary/aromatic N) is 3. The van der Waals surface area contributed by atoms with Crippen LogP contribution in [0.1, 0.15) is 47.0 Å². The first kappa shape index (κ1) is 26.0. The molecular formula is C25H24F3N5O4. The number of nitrogens with one attached hydrogen (secondary N) is 2. The molecule has 194 valence electrons. The number of fused-ring (bicyclic) bond motifs is 1. The van der Waals surface area contributed by atoms with E-state index in [-0.39, 0.29) is 42.0 Å². The van der Waals surface area contributed by atoms with E-state index in [1.807, 2.05) is 0 Å². The zero-order valence-corrected chi connectivity index (χ0v) is 20.4. The number of amides is 2. The molecule has 0 saturated heterocycles. The molecule has 2 amide bonds. The predicted octanol–water partition coefficient (Wildman–Crippen LogP) is 2.81. The highest BCUT2D eigenvalue weighted by Crippen LogP contribution is 2.43. The summed E-state index contributed by atoms with van der Waals surface area (Å²) in [6.07, 6.45) is -5.10. The summed E-state index contributed by atoms with van der Waals surface area (Å²) in [5.41, 5.74) is -4.04. The van der Waals surface area contributed by atoms with Crippen LogP contribution in [-0.4, -0.2) is 56.8 Å². The zero-order chi connectivity index (χ0) is 27.2. The number of halogens is 3. The quantitative estimate of drug-likeness (QED) is 0.459. The van der Waals surface area contributed by atoms with Gasteiger partial charge in [0.25, 0.3) is 5.91 Å². The van der Waals surface area contributed by atoms with Gasteiger partial charge in [-0.1, -0.05) is 42.2 Å². The van der Waals surface area contributed by atoms with Crippen molar-refractivity contribution in [1.82, 2.24) is 25.4 Å². The van der Waals surface area contributed by atoms with E-state index < -0.39 is 28.7 Å². The average Bonchev–Trinajstić information content (AvgIpc) is 3.44. The first-order valence-electron chi connectivity index (χ1n) is 11.2. The molecular weight excluding hydrogens is 491 g/mol. The van der Waals surface area contributed by atoms with E-state index in [1.165, 1.54) is 37.1 Å². The van der Waals surface area contributed by atoms with Crippen molar-refractivity contribution in [3.05, 3.63) is 58.7 Å². The molecule has 0 fully saturated rings. The van der Waals surface area contributed by atoms with Crippen molar-refractivity contribution in [2.24, 2.45) is 0 Å². The van der Waals surface area contributed by atoms with E-state index in [9.17, 15) is 27.9 Å². The van der Waals surface area contributed by atoms with Crippen molar-refractivity contribution >= 4 is 11.8 Å². The Bertz CT molecular complexity index is 1420. The second-order valence-electron chi connectivity index (χ2n) is 9.10. The van der Waals surface area contributed by atoms with Crippen LogP contribution < -0.4 is 5.32 Å². The fourth-order valence-electron chi connectivity index (χ4n) is 4.36. The number of hydrogen-bond acceptors (Lipinski definition) is 6. The number of hydrogen-bond donors (Lipinski definition) is 3. The highest BCUT2D eigenvalue weighted by Gasteiger charge is 2.55. The Morgan fingerprint density at radius 2 is 1.97 bits per heavy atom. The van der Waals surface area contributed by atoms with Gasteiger partial charge in [-0.25, -0.2) is 0 Å². The molecule has 0 saturated carbocycles. The number of H-pyrrole nitrogens is 1. The van der Waals surface area contributed by atoms with E-state index in [0.717, 1.165) is 12.1 Å². The molecule has 3 aromatic rings. The van der Waals surface area contributed by atoms with Gasteiger partial charge in [-0.05, 0) is 13.8 Å². The molecule has 4 rings (SSSR count). The van der Waals surface area contributed by atoms with Crippen LogP contribution in [0.25, 0.3) is 11.5 Å². The molecule has 2 unspecified atom stereocenters. The molecule has 3 heterocycles. The van der Waals surface area contributed by atoms with Gasteiger partial charge < -0.3 is 24.7 Å². The van der Waals surface area contributed by atoms with Crippen molar-refractivity contribution in [1.29, 1.82) is 0 Å². The molecule has 3 N–H and O–H groups in total. The monoisotopic (exact) mass is 515 g/mol. The standard InChI is InChI=1S/C25H24F3N5O4/c1-14-18(21-32-31-17(37-21)12-29-15(2)34)19-20(30-14)22(35)33(4)13-23(19,3)10-11-24(36,25(26,27)28)16-8-6-5-7-9-16/h5-9,30,36H,12-13H2,1-4H3,(H,29,34). The number of rotatable bonds is 4. The van der Waals surface area contributed by atoms with Crippen LogP contribution >= 0.6 is 0 Å². The van der Waals surface area contributed by atoms with Crippen LogP contribution in [0.4, 0.5) is 13.2 Å². The number of benzene rings is 1. The van der Waals surface area contributed by atoms with Crippen molar-refractivity contribution in [3.63, 3.8) is 0 Å². The number of likely N-dealkylation sites (N-methyl/N-ethyl adjacent to an activating group) is 1. The van der Waals surface area contributed by atoms with Gasteiger partial charge in [0.05, 0.1) is 17.5 Å². The lowest BCUT2D eigenvalue weighted by Crippen LogP contribution is -2.46. The van der Waals surface area contributed by atoms with Crippen molar-refractivity contribution in [3.8, 4) is 23.3 Å². The molecule has 2 aromatic heterocycles. The molecule has 0 radical (unpaired) electrons. The van der Waals surface area contributed by atoms with Gasteiger partial charge in [0.1, 0.15) is 5.69 Å². The molecule has 12 heteroatoms. The van der Waals surface area contributed by atoms with Crippen LogP contribution in [0, 0.1) is 18.8 Å². The van der Waals surface area contributed by atoms with E-state index in [2.05, 4.69) is 32.3 Å². The number of aliphatic hydroxyl groups is 1. The molecule has 0 spiro atoms. The fraction of sp³-hybridized carbons (Fsp3) is 0.360. The number of carbonyl (C=O) groups is 2. The first-order chi connectivity index (χ1) is 17.3. The number of alkyl halides is 3. The number of aromatic nitrogens is 3. The molecule has 0 aliphatic carbocycles. The minimum absolute atomic E-state index is 0.00914. The molecule has 37 heavy (non-hydrogen) atoms. The minimum Gasteiger partial charge on any atom is -0.419 e. The lowest BCUT2D eigenvalue weighted by Gasteiger charge is -2.36. The third kappa shape index (κ3) is 4.58. The van der Waals surface area contributed by atoms with Crippen LogP contribution in [0.5, 0.6) is 0 Å². The summed E-state index contributed by atoms with van der Waals surface area (Å²) < 4.78 is 48.0. The van der Waals surface area contributed by atoms with Crippen molar-refractivity contribution in [2.45, 2.75) is 44.5 Å². The highest BCUT2D eigenvalue weighted by molar-refractivity contribution is 5.98. The molecule has 9 nitrogen and oxygen atoms in total. The molecule has 0 bridgehead atoms. The third-order valence-corrected chi connectivity index (χ3v) is 6.14. The van der Waals surface area contributed by atoms with Crippen LogP contribution in [-0.2, 0) is 22.4 Å². The lowest BCUT2D eigenvalue weighted by molar-refractivity contribution is -0.240. The lowest BCUT2D eigenvalue weighted by atomic mass is 9.76. The number of aromatic amines is 1. The summed E-state index contributed by atoms with van der Waals surface area (Å²) >= 11 is 0. The molecule has 1 aliphatic rings. The van der Waals surface area contributed by atoms with Gasteiger partial charge >= 0.3 is 6.18 Å². The summed E-state index contributed by atoms with van der Waals surface area (Å²) in [4.78, 5) is 28.5. The summed E-state index contributed by atoms with van der Waals surface area (Å²) in [7, 11) is 1.51. The summed E-state index contributed by atoms with van der Waals surface area (Å²) in [6.45, 7) is 4.47. The molecule has 1 aromatic carbocycles. The Balaban J connectivity index is 1.88. The Kier molecular flexibility index (Phi) is 6.37. The Hall–Kier alpha value is -4.11. The van der Waals surface area contributed by atoms with Gasteiger partial charge in [-0.2, -0.15) is 13.2 Å². The number of carbonyl (C=O) groups excluding carboxylic acids is 2. The Morgan fingerprint density at radius 3 is 2.59 bits per heavy atom. The van der Waals surface area contributed by atoms with E-state index >= 15 is 0 Å². The van der Waals surface area contributed by atoms with Crippen LogP contribution in [0.3, 0.4) is 0 Å². The summed E-state index contributed by atoms with van der Waals surface area (Å²) in [6, 6.07) is 6.58. The molecule has 2 atom stereocenters. The van der Waals surface area contributed by atoms with Crippen molar-refractivity contribution in [2.75, 3.05) is 13.6 Å². The topological polar surface area (TPSA) is 124 Å². The van der Waals surface area contributed by atoms with E-state index in [0.29, 0.717) is 11.3 Å². The first-order valence-corrected chi connectivity index (χ1v) is 11.2. The van der Waals surface area contributed by atoms with E-state index in [4.69, 9.17) is 4.42 Å². The van der Waals surface area contributed by atoms with Gasteiger partial charge in [0.15, 0.2) is 0 Å². The largest absolute Gasteiger partial charge is 0.433 e. The maximum Gasteiger partial charge on any atom is 0.433 e. The van der Waals surface area contributed by atoms with Gasteiger partial charge in [0.2, 0.25) is 23.3 Å². The van der Waals surface area contributed by atoms with Crippen LogP contribution in [0.2, 0.25) is 0 Å². The van der Waals surface area contributed by atoms with Gasteiger partial charge in [-0.15, -0.1) is 10.2 Å². The summed E-state index contributed by atoms with van der Waals surface area (Å²) in [5.74, 6) is 4.13. The fourth-order valence-corrected chi connectivity index (χ4v) is 4.36. The maximum absolute atomic E-state index is 14.1. The van der Waals surface area contributed by atoms with Crippen molar-refractivity contribution < 1.29 is 32.3 Å². The van der Waals surface area contributed by atoms with E-state index in [1.54, 1.807) is 13.8 Å². The van der Waals surface area contributed by atoms with Gasteiger partial charge in [0, 0.05) is 37.3 Å². The third-order valence-electron chi connectivity index (χ3n) is 6.14. The Morgan fingerprint density at radius 1 is 1.30 bits per heavy atom. The zero-order valence-electron chi connectivity index (χ0n) is 20.4. The smallest absolute Gasteiger partial charge is 0.419 e. The molecule has 1 aliphatic heterocycles. The SMILES string of the molecule is CC(=O)NCc1nnc(-c2c(C)[nH]c3c2C(C)(C#CC(O)(c2ccccc2)C(F)(F)F)CN(C)C3=O)o1. The minimum atomic E-state index is -5.10. The van der Waals surface area contributed by atoms with Gasteiger partial charge in [-0.3, -0.25) is 9.59 Å². The second-order valence-corrected chi connectivity index (χ2v) is 9.10. The highest BCUT2D eigenvalue weighted by atomic mass is 19.4. The van der Waals surface area contributed by atoms with Crippen LogP contribution in [0.15, 0.2) is 34.7 Å². The Labute approximate surface area is 210 Å².